The highest BCUT2D eigenvalue weighted by atomic mass is 16.6. The maximum atomic E-state index is 11.5. The first-order chi connectivity index (χ1) is 8.45. The van der Waals surface area contributed by atoms with Crippen molar-refractivity contribution in [3.63, 3.8) is 0 Å². The smallest absolute Gasteiger partial charge is 0.287 e. The Hall–Kier alpha value is -2.38. The van der Waals surface area contributed by atoms with Crippen LogP contribution in [0.25, 0.3) is 0 Å². The minimum atomic E-state index is -0.639. The van der Waals surface area contributed by atoms with Gasteiger partial charge in [0.05, 0.1) is 11.1 Å². The number of amides is 2. The number of H-pyrrole nitrogens is 1. The lowest BCUT2D eigenvalue weighted by atomic mass is 10.1. The molecule has 0 aliphatic carbocycles. The molecule has 8 heteroatoms. The Labute approximate surface area is 103 Å². The van der Waals surface area contributed by atoms with E-state index in [0.29, 0.717) is 6.42 Å². The summed E-state index contributed by atoms with van der Waals surface area (Å²) in [6.07, 6.45) is 1.75. The molecule has 1 unspecified atom stereocenters. The molecule has 18 heavy (non-hydrogen) atoms. The minimum Gasteiger partial charge on any atom is -0.351 e. The van der Waals surface area contributed by atoms with Gasteiger partial charge in [-0.2, -0.15) is 0 Å². The summed E-state index contributed by atoms with van der Waals surface area (Å²) in [5.41, 5.74) is 4.21. The number of nitro groups is 1. The van der Waals surface area contributed by atoms with Crippen molar-refractivity contribution < 1.29 is 14.5 Å². The molecule has 0 saturated heterocycles. The predicted octanol–water partition coefficient (Wildman–Crippen LogP) is 0.730. The number of carbonyl (C=O) groups excluding carboxylic acids is 2. The van der Waals surface area contributed by atoms with Crippen LogP contribution in [0.15, 0.2) is 12.3 Å². The van der Waals surface area contributed by atoms with Crippen LogP contribution in [0, 0.1) is 16.0 Å². The molecule has 0 aromatic carbocycles. The van der Waals surface area contributed by atoms with Crippen molar-refractivity contribution in [3.8, 4) is 0 Å². The second kappa shape index (κ2) is 5.80. The molecule has 1 rings (SSSR count). The van der Waals surface area contributed by atoms with Gasteiger partial charge in [0, 0.05) is 12.0 Å². The van der Waals surface area contributed by atoms with Crippen LogP contribution >= 0.6 is 0 Å². The molecule has 1 aromatic rings. The Morgan fingerprint density at radius 1 is 1.50 bits per heavy atom. The Kier molecular flexibility index (Phi) is 4.41. The van der Waals surface area contributed by atoms with Gasteiger partial charge >= 0.3 is 0 Å². The van der Waals surface area contributed by atoms with Crippen LogP contribution in [0.1, 0.15) is 30.8 Å². The number of nitrogens with one attached hydrogen (secondary N) is 3. The second-order valence-corrected chi connectivity index (χ2v) is 3.78. The molecule has 0 aliphatic rings. The lowest BCUT2D eigenvalue weighted by molar-refractivity contribution is -0.384. The fraction of sp³-hybridized carbons (Fsp3) is 0.400. The average Bonchev–Trinajstić information content (AvgIpc) is 2.84. The van der Waals surface area contributed by atoms with E-state index in [9.17, 15) is 19.7 Å². The van der Waals surface area contributed by atoms with E-state index in [0.717, 1.165) is 12.3 Å². The van der Waals surface area contributed by atoms with Gasteiger partial charge in [0.2, 0.25) is 5.91 Å². The number of nitrogens with zero attached hydrogens (tertiary/aromatic N) is 1. The molecule has 1 heterocycles. The maximum absolute atomic E-state index is 11.5. The topological polar surface area (TPSA) is 117 Å². The van der Waals surface area contributed by atoms with E-state index in [1.807, 2.05) is 6.92 Å². The highest BCUT2D eigenvalue weighted by Gasteiger charge is 2.16. The van der Waals surface area contributed by atoms with Crippen molar-refractivity contribution >= 4 is 17.5 Å². The molecule has 1 atom stereocenters. The van der Waals surface area contributed by atoms with Crippen LogP contribution < -0.4 is 10.9 Å². The minimum absolute atomic E-state index is 0.00570. The maximum Gasteiger partial charge on any atom is 0.287 e. The van der Waals surface area contributed by atoms with E-state index >= 15 is 0 Å². The molecule has 1 aromatic heterocycles. The molecular formula is C10H14N4O4. The summed E-state index contributed by atoms with van der Waals surface area (Å²) in [5.74, 6) is -1.17. The summed E-state index contributed by atoms with van der Waals surface area (Å²) in [4.78, 5) is 35.1. The van der Waals surface area contributed by atoms with Gasteiger partial charge in [-0.3, -0.25) is 30.6 Å². The highest BCUT2D eigenvalue weighted by molar-refractivity contribution is 5.94. The largest absolute Gasteiger partial charge is 0.351 e. The van der Waals surface area contributed by atoms with E-state index in [2.05, 4.69) is 15.8 Å². The third-order valence-corrected chi connectivity index (χ3v) is 2.48. The Bertz CT molecular complexity index is 468. The molecule has 2 amide bonds. The summed E-state index contributed by atoms with van der Waals surface area (Å²) in [7, 11) is 0. The van der Waals surface area contributed by atoms with E-state index in [4.69, 9.17) is 0 Å². The Balaban J connectivity index is 2.55. The van der Waals surface area contributed by atoms with Crippen molar-refractivity contribution in [1.29, 1.82) is 0 Å². The van der Waals surface area contributed by atoms with Crippen molar-refractivity contribution in [3.05, 3.63) is 28.1 Å². The van der Waals surface area contributed by atoms with Gasteiger partial charge in [0.15, 0.2) is 0 Å². The van der Waals surface area contributed by atoms with Crippen LogP contribution in [0.2, 0.25) is 0 Å². The summed E-state index contributed by atoms with van der Waals surface area (Å²) in [5, 5.41) is 10.4. The van der Waals surface area contributed by atoms with Crippen LogP contribution in [-0.2, 0) is 4.79 Å². The zero-order valence-corrected chi connectivity index (χ0v) is 10.0. The van der Waals surface area contributed by atoms with Gasteiger partial charge in [0.25, 0.3) is 11.6 Å². The summed E-state index contributed by atoms with van der Waals surface area (Å²) in [6, 6.07) is 1.09. The molecule has 0 bridgehead atoms. The number of carbonyl (C=O) groups is 2. The van der Waals surface area contributed by atoms with Crippen molar-refractivity contribution in [2.45, 2.75) is 20.3 Å². The van der Waals surface area contributed by atoms with E-state index in [1.165, 1.54) is 0 Å². The van der Waals surface area contributed by atoms with Gasteiger partial charge in [-0.25, -0.2) is 0 Å². The molecular weight excluding hydrogens is 240 g/mol. The van der Waals surface area contributed by atoms with E-state index in [-0.39, 0.29) is 23.2 Å². The van der Waals surface area contributed by atoms with Crippen LogP contribution in [-0.4, -0.2) is 21.7 Å². The first kappa shape index (κ1) is 13.7. The third kappa shape index (κ3) is 3.30. The van der Waals surface area contributed by atoms with Crippen LogP contribution in [0.3, 0.4) is 0 Å². The molecule has 0 spiro atoms. The van der Waals surface area contributed by atoms with Gasteiger partial charge in [-0.15, -0.1) is 0 Å². The van der Waals surface area contributed by atoms with Crippen LogP contribution in [0.4, 0.5) is 5.69 Å². The lowest BCUT2D eigenvalue weighted by Crippen LogP contribution is -2.44. The lowest BCUT2D eigenvalue weighted by Gasteiger charge is -2.10. The molecule has 0 saturated carbocycles. The predicted molar refractivity (Wildman–Crippen MR) is 62.5 cm³/mol. The SMILES string of the molecule is CCC(C)C(=O)NNC(=O)c1cc([N+](=O)[O-])c[nH]1. The van der Waals surface area contributed by atoms with E-state index < -0.39 is 10.8 Å². The highest BCUT2D eigenvalue weighted by Crippen LogP contribution is 2.11. The molecule has 0 aliphatic heterocycles. The van der Waals surface area contributed by atoms with Gasteiger partial charge in [0.1, 0.15) is 5.69 Å². The zero-order valence-electron chi connectivity index (χ0n) is 10.0. The van der Waals surface area contributed by atoms with Crippen molar-refractivity contribution in [1.82, 2.24) is 15.8 Å². The Morgan fingerprint density at radius 2 is 2.17 bits per heavy atom. The van der Waals surface area contributed by atoms with E-state index in [1.54, 1.807) is 6.92 Å². The fourth-order valence-corrected chi connectivity index (χ4v) is 1.11. The average molecular weight is 254 g/mol. The molecule has 0 fully saturated rings. The fourth-order valence-electron chi connectivity index (χ4n) is 1.11. The second-order valence-electron chi connectivity index (χ2n) is 3.78. The van der Waals surface area contributed by atoms with Gasteiger partial charge < -0.3 is 4.98 Å². The van der Waals surface area contributed by atoms with Crippen molar-refractivity contribution in [2.75, 3.05) is 0 Å². The Morgan fingerprint density at radius 3 is 2.67 bits per heavy atom. The first-order valence-corrected chi connectivity index (χ1v) is 5.38. The normalized spacial score (nSPS) is 11.7. The van der Waals surface area contributed by atoms with Gasteiger partial charge in [-0.05, 0) is 6.42 Å². The number of aromatic nitrogens is 1. The molecule has 98 valence electrons. The first-order valence-electron chi connectivity index (χ1n) is 5.38. The number of hydrazine groups is 1. The molecule has 8 nitrogen and oxygen atoms in total. The summed E-state index contributed by atoms with van der Waals surface area (Å²) in [6.45, 7) is 3.57. The quantitative estimate of drug-likeness (QED) is 0.542. The molecule has 3 N–H and O–H groups in total. The summed E-state index contributed by atoms with van der Waals surface area (Å²) < 4.78 is 0. The summed E-state index contributed by atoms with van der Waals surface area (Å²) >= 11 is 0. The van der Waals surface area contributed by atoms with Crippen molar-refractivity contribution in [2.24, 2.45) is 5.92 Å². The number of aromatic amines is 1. The zero-order chi connectivity index (χ0) is 13.7. The number of hydrogen-bond acceptors (Lipinski definition) is 4. The van der Waals surface area contributed by atoms with Crippen LogP contribution in [0.5, 0.6) is 0 Å². The van der Waals surface area contributed by atoms with Gasteiger partial charge in [-0.1, -0.05) is 13.8 Å². The number of hydrogen-bond donors (Lipinski definition) is 3. The monoisotopic (exact) mass is 254 g/mol. The third-order valence-electron chi connectivity index (χ3n) is 2.48. The molecule has 0 radical (unpaired) electrons. The number of rotatable bonds is 4. The standard InChI is InChI=1S/C10H14N4O4/c1-3-6(2)9(15)12-13-10(16)8-4-7(5-11-8)14(17)18/h4-6,11H,3H2,1-2H3,(H,12,15)(H,13,16).